The number of nitrogens with two attached hydrogens (primary N) is 2. The number of benzene rings is 1. The Kier molecular flexibility index (Phi) is 9.13. The fourth-order valence-corrected chi connectivity index (χ4v) is 6.44. The third-order valence-electron chi connectivity index (χ3n) is 8.84. The van der Waals surface area contributed by atoms with Gasteiger partial charge in [-0.2, -0.15) is 0 Å². The number of unbranched alkanes of at least 4 members (excludes halogenated alkanes) is 1. The Balaban J connectivity index is 0.00000324. The molecule has 1 aromatic rings. The highest BCUT2D eigenvalue weighted by molar-refractivity contribution is 6.47. The van der Waals surface area contributed by atoms with E-state index in [0.717, 1.165) is 38.0 Å². The number of amides is 1. The molecule has 1 heterocycles. The first-order valence-corrected chi connectivity index (χ1v) is 12.9. The van der Waals surface area contributed by atoms with Crippen molar-refractivity contribution in [2.45, 2.75) is 89.3 Å². The molecule has 3 aliphatic carbocycles. The third-order valence-corrected chi connectivity index (χ3v) is 8.84. The average Bonchev–Trinajstić information content (AvgIpc) is 3.16. The quantitative estimate of drug-likeness (QED) is 0.324. The first-order valence-electron chi connectivity index (χ1n) is 12.9. The van der Waals surface area contributed by atoms with E-state index in [-0.39, 0.29) is 43.0 Å². The minimum Gasteiger partial charge on any atom is -0.405 e. The van der Waals surface area contributed by atoms with Crippen LogP contribution in [0.3, 0.4) is 0 Å². The van der Waals surface area contributed by atoms with Crippen molar-refractivity contribution in [2.24, 2.45) is 28.7 Å². The van der Waals surface area contributed by atoms with Gasteiger partial charge in [-0.3, -0.25) is 4.79 Å². The van der Waals surface area contributed by atoms with Crippen molar-refractivity contribution in [3.8, 4) is 0 Å². The Morgan fingerprint density at radius 1 is 1.18 bits per heavy atom. The molecule has 1 saturated heterocycles. The highest BCUT2D eigenvalue weighted by Crippen LogP contribution is 2.66. The summed E-state index contributed by atoms with van der Waals surface area (Å²) in [4.78, 5) is 12.6. The lowest BCUT2D eigenvalue weighted by Gasteiger charge is -2.64. The van der Waals surface area contributed by atoms with E-state index in [1.165, 1.54) is 12.0 Å². The average molecular weight is 492 g/mol. The molecule has 0 unspecified atom stereocenters. The second kappa shape index (κ2) is 11.3. The molecule has 8 heteroatoms. The van der Waals surface area contributed by atoms with Crippen LogP contribution in [-0.2, 0) is 20.5 Å². The van der Waals surface area contributed by atoms with Gasteiger partial charge in [0.1, 0.15) is 0 Å². The van der Waals surface area contributed by atoms with Gasteiger partial charge in [0, 0.05) is 12.4 Å². The van der Waals surface area contributed by atoms with Gasteiger partial charge in [-0.1, -0.05) is 50.6 Å². The number of hydrogen-bond donors (Lipinski definition) is 3. The summed E-state index contributed by atoms with van der Waals surface area (Å²) in [6, 6.07) is 9.98. The first kappa shape index (κ1) is 27.5. The minimum atomic E-state index is -0.496. The van der Waals surface area contributed by atoms with Crippen molar-refractivity contribution in [2.75, 3.05) is 13.1 Å². The Morgan fingerprint density at radius 3 is 2.59 bits per heavy atom. The minimum absolute atomic E-state index is 0. The predicted octanol–water partition coefficient (Wildman–Crippen LogP) is 3.71. The van der Waals surface area contributed by atoms with E-state index >= 15 is 0 Å². The second-order valence-electron chi connectivity index (χ2n) is 11.3. The van der Waals surface area contributed by atoms with Crippen LogP contribution in [0.1, 0.15) is 64.9 Å². The maximum absolute atomic E-state index is 12.6. The number of carbonyl (C=O) groups excluding carboxylic acids is 1. The fourth-order valence-electron chi connectivity index (χ4n) is 6.44. The maximum atomic E-state index is 12.6. The van der Waals surface area contributed by atoms with Crippen LogP contribution in [0.15, 0.2) is 30.3 Å². The highest BCUT2D eigenvalue weighted by atomic mass is 35.5. The van der Waals surface area contributed by atoms with E-state index in [0.29, 0.717) is 30.8 Å². The number of carbonyl (C=O) groups is 1. The largest absolute Gasteiger partial charge is 0.462 e. The van der Waals surface area contributed by atoms with Gasteiger partial charge in [-0.25, -0.2) is 0 Å². The van der Waals surface area contributed by atoms with Crippen molar-refractivity contribution in [3.63, 3.8) is 0 Å². The van der Waals surface area contributed by atoms with Gasteiger partial charge in [0.25, 0.3) is 0 Å². The van der Waals surface area contributed by atoms with E-state index in [9.17, 15) is 4.79 Å². The van der Waals surface area contributed by atoms with Crippen LogP contribution in [0.5, 0.6) is 0 Å². The highest BCUT2D eigenvalue weighted by Gasteiger charge is 2.68. The zero-order valence-corrected chi connectivity index (χ0v) is 21.8. The number of hydrogen-bond acceptors (Lipinski definition) is 5. The van der Waals surface area contributed by atoms with Gasteiger partial charge in [0.2, 0.25) is 5.91 Å². The van der Waals surface area contributed by atoms with Crippen molar-refractivity contribution in [3.05, 3.63) is 35.9 Å². The Hall–Kier alpha value is -1.12. The summed E-state index contributed by atoms with van der Waals surface area (Å²) in [6.45, 7) is 8.15. The van der Waals surface area contributed by atoms with Crippen LogP contribution in [0.2, 0.25) is 5.82 Å². The molecule has 0 aromatic heterocycles. The number of nitrogens with one attached hydrogen (secondary N) is 1. The predicted molar refractivity (Wildman–Crippen MR) is 140 cm³/mol. The van der Waals surface area contributed by atoms with E-state index < -0.39 is 6.04 Å². The molecule has 0 spiro atoms. The van der Waals surface area contributed by atoms with Crippen LogP contribution in [0.4, 0.5) is 0 Å². The second-order valence-corrected chi connectivity index (χ2v) is 11.3. The van der Waals surface area contributed by atoms with Crippen molar-refractivity contribution >= 4 is 25.4 Å². The SMILES string of the molecule is CC1(C)[C@H]2C[C@@H]3OB([C@H](CCc4ccccc4)CNC(=O)[C@@H](N)CCCCN)O[C@]3(C)[C@@H]1C2.Cl. The number of aryl methyl sites for hydroxylation is 1. The number of rotatable bonds is 11. The Bertz CT molecular complexity index is 814. The molecule has 6 atom stereocenters. The zero-order valence-electron chi connectivity index (χ0n) is 21.0. The molecule has 5 rings (SSSR count). The van der Waals surface area contributed by atoms with E-state index in [4.69, 9.17) is 20.8 Å². The summed E-state index contributed by atoms with van der Waals surface area (Å²) in [5.74, 6) is 1.23. The summed E-state index contributed by atoms with van der Waals surface area (Å²) < 4.78 is 13.3. The summed E-state index contributed by atoms with van der Waals surface area (Å²) in [6.07, 6.45) is 6.68. The molecule has 1 amide bonds. The molecule has 4 aliphatic rings. The molecule has 6 nitrogen and oxygen atoms in total. The lowest BCUT2D eigenvalue weighted by molar-refractivity contribution is -0.199. The van der Waals surface area contributed by atoms with Crippen LogP contribution in [0, 0.1) is 17.3 Å². The molecule has 2 bridgehead atoms. The van der Waals surface area contributed by atoms with Crippen molar-refractivity contribution < 1.29 is 14.1 Å². The summed E-state index contributed by atoms with van der Waals surface area (Å²) in [7, 11) is -0.298. The van der Waals surface area contributed by atoms with Gasteiger partial charge in [-0.05, 0) is 74.8 Å². The molecule has 1 aliphatic heterocycles. The molecular weight excluding hydrogens is 449 g/mol. The molecule has 5 N–H and O–H groups in total. The summed E-state index contributed by atoms with van der Waals surface area (Å²) >= 11 is 0. The molecule has 190 valence electrons. The maximum Gasteiger partial charge on any atom is 0.462 e. The van der Waals surface area contributed by atoms with Gasteiger partial charge >= 0.3 is 7.12 Å². The Labute approximate surface area is 211 Å². The molecule has 0 radical (unpaired) electrons. The van der Waals surface area contributed by atoms with Crippen molar-refractivity contribution in [1.82, 2.24) is 5.32 Å². The smallest absolute Gasteiger partial charge is 0.405 e. The molecule has 4 fully saturated rings. The monoisotopic (exact) mass is 491 g/mol. The molecular formula is C26H43BClN3O3. The number of halogens is 1. The van der Waals surface area contributed by atoms with E-state index in [1.54, 1.807) is 0 Å². The Morgan fingerprint density at radius 2 is 1.91 bits per heavy atom. The van der Waals surface area contributed by atoms with E-state index in [2.05, 4.69) is 50.4 Å². The van der Waals surface area contributed by atoms with E-state index in [1.807, 2.05) is 6.07 Å². The van der Waals surface area contributed by atoms with Gasteiger partial charge in [0.05, 0.1) is 17.7 Å². The standard InChI is InChI=1S/C26H42BN3O3.ClH/c1-25(2)19-15-22(25)26(3)23(16-19)32-27(33-26)20(13-12-18-9-5-4-6-10-18)17-30-24(31)21(29)11-7-8-14-28;/h4-6,9-10,19-23H,7-8,11-17,28-29H2,1-3H3,(H,30,31);1H/t19-,20-,21+,22-,23+,26-;/m1./s1. The first-order chi connectivity index (χ1) is 15.8. The lowest BCUT2D eigenvalue weighted by Crippen LogP contribution is -2.65. The third kappa shape index (κ3) is 5.49. The molecule has 3 saturated carbocycles. The summed E-state index contributed by atoms with van der Waals surface area (Å²) in [5, 5.41) is 3.10. The van der Waals surface area contributed by atoms with Crippen LogP contribution in [-0.4, -0.2) is 43.9 Å². The molecule has 1 aromatic carbocycles. The fraction of sp³-hybridized carbons (Fsp3) is 0.731. The molecule has 34 heavy (non-hydrogen) atoms. The topological polar surface area (TPSA) is 99.6 Å². The van der Waals surface area contributed by atoms with Crippen LogP contribution < -0.4 is 16.8 Å². The van der Waals surface area contributed by atoms with Crippen molar-refractivity contribution in [1.29, 1.82) is 0 Å². The van der Waals surface area contributed by atoms with Gasteiger partial charge in [0.15, 0.2) is 0 Å². The lowest BCUT2D eigenvalue weighted by atomic mass is 9.43. The van der Waals surface area contributed by atoms with Crippen LogP contribution >= 0.6 is 12.4 Å². The zero-order chi connectivity index (χ0) is 23.6. The van der Waals surface area contributed by atoms with Gasteiger partial charge in [-0.15, -0.1) is 12.4 Å². The van der Waals surface area contributed by atoms with Crippen LogP contribution in [0.25, 0.3) is 0 Å². The van der Waals surface area contributed by atoms with Gasteiger partial charge < -0.3 is 26.1 Å². The normalized spacial score (nSPS) is 30.5. The summed E-state index contributed by atoms with van der Waals surface area (Å²) in [5.41, 5.74) is 13.0.